The molecule has 3 unspecified atom stereocenters. The monoisotopic (exact) mass is 238 g/mol. The summed E-state index contributed by atoms with van der Waals surface area (Å²) in [6.07, 6.45) is 10.4. The minimum atomic E-state index is 0.415. The molecule has 0 spiro atoms. The Hall–Kier alpha value is -0.120. The lowest BCUT2D eigenvalue weighted by Gasteiger charge is -2.29. The molecule has 0 aromatic heterocycles. The van der Waals surface area contributed by atoms with Crippen LogP contribution in [0.25, 0.3) is 0 Å². The van der Waals surface area contributed by atoms with Gasteiger partial charge in [0.1, 0.15) is 0 Å². The molecule has 1 aliphatic carbocycles. The molecule has 2 saturated heterocycles. The minimum absolute atomic E-state index is 0.415. The van der Waals surface area contributed by atoms with Crippen molar-refractivity contribution in [2.24, 2.45) is 17.1 Å². The maximum absolute atomic E-state index is 5.96. The normalized spacial score (nSPS) is 39.0. The van der Waals surface area contributed by atoms with Crippen LogP contribution >= 0.6 is 0 Å². The van der Waals surface area contributed by atoms with Crippen molar-refractivity contribution >= 4 is 0 Å². The number of hydrogen-bond acceptors (Lipinski definition) is 3. The number of hydrogen-bond donors (Lipinski definition) is 2. The lowest BCUT2D eigenvalue weighted by Crippen LogP contribution is -2.41. The van der Waals surface area contributed by atoms with Crippen LogP contribution < -0.4 is 11.1 Å². The molecule has 0 radical (unpaired) electrons. The molecular formula is C14H26N2O. The van der Waals surface area contributed by atoms with Crippen LogP contribution in [0, 0.1) is 11.3 Å². The van der Waals surface area contributed by atoms with Crippen LogP contribution in [0.1, 0.15) is 44.9 Å². The maximum Gasteiger partial charge on any atom is 0.0621 e. The van der Waals surface area contributed by atoms with Crippen LogP contribution in [0.4, 0.5) is 0 Å². The predicted molar refractivity (Wildman–Crippen MR) is 68.8 cm³/mol. The summed E-state index contributed by atoms with van der Waals surface area (Å²) in [4.78, 5) is 0. The zero-order chi connectivity index (χ0) is 11.7. The first-order valence-electron chi connectivity index (χ1n) is 7.38. The number of fused-ring (bicyclic) bond motifs is 2. The highest BCUT2D eigenvalue weighted by Crippen LogP contribution is 2.39. The molecular weight excluding hydrogens is 212 g/mol. The average Bonchev–Trinajstić information content (AvgIpc) is 3.05. The van der Waals surface area contributed by atoms with Gasteiger partial charge in [-0.15, -0.1) is 0 Å². The molecule has 3 heteroatoms. The van der Waals surface area contributed by atoms with Crippen molar-refractivity contribution in [3.63, 3.8) is 0 Å². The van der Waals surface area contributed by atoms with Crippen molar-refractivity contribution in [2.45, 2.75) is 57.2 Å². The molecule has 2 heterocycles. The Morgan fingerprint density at radius 3 is 2.65 bits per heavy atom. The summed E-state index contributed by atoms with van der Waals surface area (Å²) in [5.74, 6) is 0.768. The Morgan fingerprint density at radius 1 is 1.24 bits per heavy atom. The number of nitrogens with one attached hydrogen (secondary N) is 1. The molecule has 3 N–H and O–H groups in total. The molecule has 3 aliphatic rings. The quantitative estimate of drug-likeness (QED) is 0.766. The van der Waals surface area contributed by atoms with E-state index in [0.29, 0.717) is 17.6 Å². The second-order valence-electron chi connectivity index (χ2n) is 6.41. The van der Waals surface area contributed by atoms with Gasteiger partial charge in [-0.2, -0.15) is 0 Å². The van der Waals surface area contributed by atoms with E-state index in [0.717, 1.165) is 25.6 Å². The summed E-state index contributed by atoms with van der Waals surface area (Å²) < 4.78 is 5.89. The van der Waals surface area contributed by atoms with E-state index in [9.17, 15) is 0 Å². The van der Waals surface area contributed by atoms with Gasteiger partial charge in [0, 0.05) is 19.0 Å². The van der Waals surface area contributed by atoms with Crippen molar-refractivity contribution in [1.82, 2.24) is 5.32 Å². The molecule has 1 saturated carbocycles. The van der Waals surface area contributed by atoms with Gasteiger partial charge in [-0.1, -0.05) is 12.8 Å². The van der Waals surface area contributed by atoms with Gasteiger partial charge in [-0.3, -0.25) is 0 Å². The topological polar surface area (TPSA) is 47.3 Å². The van der Waals surface area contributed by atoms with Crippen LogP contribution in [0.5, 0.6) is 0 Å². The van der Waals surface area contributed by atoms with Gasteiger partial charge in [0.2, 0.25) is 0 Å². The molecule has 0 amide bonds. The van der Waals surface area contributed by atoms with Gasteiger partial charge in [0.05, 0.1) is 12.2 Å². The van der Waals surface area contributed by atoms with Crippen LogP contribution in [-0.4, -0.2) is 31.8 Å². The fourth-order valence-corrected chi connectivity index (χ4v) is 4.06. The summed E-state index contributed by atoms with van der Waals surface area (Å²) in [5.41, 5.74) is 6.37. The molecule has 3 fully saturated rings. The van der Waals surface area contributed by atoms with Gasteiger partial charge < -0.3 is 15.8 Å². The van der Waals surface area contributed by atoms with E-state index >= 15 is 0 Å². The standard InChI is InChI=1S/C14H26N2O/c15-9-14(5-1-2-6-14)10-16-8-11-7-12-3-4-13(11)17-12/h11-13,16H,1-10,15H2. The lowest BCUT2D eigenvalue weighted by molar-refractivity contribution is 0.0918. The number of rotatable bonds is 5. The smallest absolute Gasteiger partial charge is 0.0621 e. The third-order valence-electron chi connectivity index (χ3n) is 5.24. The molecule has 2 aliphatic heterocycles. The molecule has 2 bridgehead atoms. The summed E-state index contributed by atoms with van der Waals surface area (Å²) in [6.45, 7) is 3.12. The second-order valence-corrected chi connectivity index (χ2v) is 6.41. The first-order valence-corrected chi connectivity index (χ1v) is 7.38. The molecule has 0 aromatic rings. The second kappa shape index (κ2) is 4.87. The maximum atomic E-state index is 5.96. The minimum Gasteiger partial charge on any atom is -0.375 e. The van der Waals surface area contributed by atoms with E-state index in [1.54, 1.807) is 0 Å². The highest BCUT2D eigenvalue weighted by Gasteiger charge is 2.40. The summed E-state index contributed by atoms with van der Waals surface area (Å²) >= 11 is 0. The van der Waals surface area contributed by atoms with E-state index in [4.69, 9.17) is 10.5 Å². The van der Waals surface area contributed by atoms with Crippen LogP contribution in [0.2, 0.25) is 0 Å². The average molecular weight is 238 g/mol. The van der Waals surface area contributed by atoms with Gasteiger partial charge >= 0.3 is 0 Å². The highest BCUT2D eigenvalue weighted by atomic mass is 16.5. The Balaban J connectivity index is 1.43. The zero-order valence-corrected chi connectivity index (χ0v) is 10.8. The van der Waals surface area contributed by atoms with E-state index < -0.39 is 0 Å². The molecule has 17 heavy (non-hydrogen) atoms. The Kier molecular flexibility index (Phi) is 3.42. The zero-order valence-electron chi connectivity index (χ0n) is 10.8. The van der Waals surface area contributed by atoms with Crippen LogP contribution in [-0.2, 0) is 4.74 Å². The van der Waals surface area contributed by atoms with Gasteiger partial charge in [0.15, 0.2) is 0 Å². The van der Waals surface area contributed by atoms with E-state index in [1.165, 1.54) is 44.9 Å². The van der Waals surface area contributed by atoms with Gasteiger partial charge in [-0.25, -0.2) is 0 Å². The van der Waals surface area contributed by atoms with Crippen molar-refractivity contribution < 1.29 is 4.74 Å². The van der Waals surface area contributed by atoms with E-state index in [-0.39, 0.29) is 0 Å². The van der Waals surface area contributed by atoms with Crippen LogP contribution in [0.3, 0.4) is 0 Å². The first-order chi connectivity index (χ1) is 8.31. The van der Waals surface area contributed by atoms with E-state index in [1.807, 2.05) is 0 Å². The first kappa shape index (κ1) is 11.9. The van der Waals surface area contributed by atoms with Crippen molar-refractivity contribution in [1.29, 1.82) is 0 Å². The van der Waals surface area contributed by atoms with Crippen molar-refractivity contribution in [3.05, 3.63) is 0 Å². The third kappa shape index (κ3) is 2.38. The van der Waals surface area contributed by atoms with E-state index in [2.05, 4.69) is 5.32 Å². The Morgan fingerprint density at radius 2 is 2.06 bits per heavy atom. The molecule has 3 atom stereocenters. The SMILES string of the molecule is NCC1(CNCC2CC3CCC2O3)CCCC1. The molecule has 98 valence electrons. The molecule has 3 nitrogen and oxygen atoms in total. The highest BCUT2D eigenvalue weighted by molar-refractivity contribution is 4.92. The summed E-state index contributed by atoms with van der Waals surface area (Å²) in [6, 6.07) is 0. The van der Waals surface area contributed by atoms with Gasteiger partial charge in [-0.05, 0) is 44.1 Å². The van der Waals surface area contributed by atoms with Crippen molar-refractivity contribution in [2.75, 3.05) is 19.6 Å². The lowest BCUT2D eigenvalue weighted by atomic mass is 9.85. The van der Waals surface area contributed by atoms with Gasteiger partial charge in [0.25, 0.3) is 0 Å². The summed E-state index contributed by atoms with van der Waals surface area (Å²) in [5, 5.41) is 3.69. The largest absolute Gasteiger partial charge is 0.375 e. The summed E-state index contributed by atoms with van der Waals surface area (Å²) in [7, 11) is 0. The number of ether oxygens (including phenoxy) is 1. The third-order valence-corrected chi connectivity index (χ3v) is 5.24. The number of nitrogens with two attached hydrogens (primary N) is 1. The Bertz CT molecular complexity index is 263. The Labute approximate surface area is 104 Å². The molecule has 0 aromatic carbocycles. The van der Waals surface area contributed by atoms with Crippen molar-refractivity contribution in [3.8, 4) is 0 Å². The predicted octanol–water partition coefficient (Wildman–Crippen LogP) is 1.66. The fourth-order valence-electron chi connectivity index (χ4n) is 4.06. The fraction of sp³-hybridized carbons (Fsp3) is 1.00. The molecule has 3 rings (SSSR count). The van der Waals surface area contributed by atoms with Crippen LogP contribution in [0.15, 0.2) is 0 Å².